The predicted octanol–water partition coefficient (Wildman–Crippen LogP) is 3.23. The van der Waals surface area contributed by atoms with Gasteiger partial charge >= 0.3 is 0 Å². The number of hydrogen-bond acceptors (Lipinski definition) is 4. The first-order valence-electron chi connectivity index (χ1n) is 9.26. The Morgan fingerprint density at radius 1 is 1.30 bits per heavy atom. The largest absolute Gasteiger partial charge is 0.380 e. The molecule has 0 aliphatic heterocycles. The van der Waals surface area contributed by atoms with Crippen molar-refractivity contribution in [3.8, 4) is 0 Å². The zero-order chi connectivity index (χ0) is 19.0. The minimum Gasteiger partial charge on any atom is -0.380 e. The molecule has 0 unspecified atom stereocenters. The summed E-state index contributed by atoms with van der Waals surface area (Å²) in [7, 11) is 3.55. The first-order valence-corrected chi connectivity index (χ1v) is 9.26. The van der Waals surface area contributed by atoms with Gasteiger partial charge in [0.25, 0.3) is 5.91 Å². The van der Waals surface area contributed by atoms with Crippen molar-refractivity contribution in [1.29, 1.82) is 0 Å². The van der Waals surface area contributed by atoms with Gasteiger partial charge < -0.3 is 10.1 Å². The minimum absolute atomic E-state index is 0.0902. The van der Waals surface area contributed by atoms with Gasteiger partial charge in [-0.25, -0.2) is 4.98 Å². The number of carbonyl (C=O) groups is 1. The Bertz CT molecular complexity index is 1000. The molecular weight excluding hydrogens is 340 g/mol. The Morgan fingerprint density at radius 3 is 2.74 bits per heavy atom. The van der Waals surface area contributed by atoms with E-state index in [1.54, 1.807) is 11.8 Å². The van der Waals surface area contributed by atoms with Gasteiger partial charge in [0.1, 0.15) is 0 Å². The van der Waals surface area contributed by atoms with Crippen LogP contribution in [0.2, 0.25) is 0 Å². The van der Waals surface area contributed by atoms with Crippen LogP contribution in [0.15, 0.2) is 30.3 Å². The summed E-state index contributed by atoms with van der Waals surface area (Å²) in [6.07, 6.45) is 2.28. The number of rotatable bonds is 6. The van der Waals surface area contributed by atoms with Crippen LogP contribution in [-0.4, -0.2) is 27.8 Å². The lowest BCUT2D eigenvalue weighted by molar-refractivity contribution is 0.0952. The monoisotopic (exact) mass is 364 g/mol. The second kappa shape index (κ2) is 7.12. The third-order valence-corrected chi connectivity index (χ3v) is 5.09. The van der Waals surface area contributed by atoms with Crippen LogP contribution < -0.4 is 5.32 Å². The van der Waals surface area contributed by atoms with E-state index in [1.807, 2.05) is 44.3 Å². The van der Waals surface area contributed by atoms with Crippen LogP contribution >= 0.6 is 0 Å². The normalized spacial score (nSPS) is 13.9. The zero-order valence-electron chi connectivity index (χ0n) is 16.0. The summed E-state index contributed by atoms with van der Waals surface area (Å²) in [6, 6.07) is 9.94. The van der Waals surface area contributed by atoms with Gasteiger partial charge in [-0.1, -0.05) is 24.3 Å². The van der Waals surface area contributed by atoms with Gasteiger partial charge in [0, 0.05) is 32.3 Å². The minimum atomic E-state index is -0.0902. The number of amides is 1. The van der Waals surface area contributed by atoms with Crippen LogP contribution in [0.5, 0.6) is 0 Å². The van der Waals surface area contributed by atoms with Gasteiger partial charge in [0.2, 0.25) is 0 Å². The van der Waals surface area contributed by atoms with Crippen molar-refractivity contribution in [3.63, 3.8) is 0 Å². The quantitative estimate of drug-likeness (QED) is 0.729. The molecule has 1 N–H and O–H groups in total. The van der Waals surface area contributed by atoms with Crippen LogP contribution in [0.25, 0.3) is 11.0 Å². The Labute approximate surface area is 158 Å². The number of ether oxygens (including phenoxy) is 1. The summed E-state index contributed by atoms with van der Waals surface area (Å²) in [5.74, 6) is 0.381. The molecule has 0 atom stereocenters. The van der Waals surface area contributed by atoms with Crippen molar-refractivity contribution in [2.24, 2.45) is 7.05 Å². The number of carbonyl (C=O) groups excluding carboxylic acids is 1. The molecule has 4 rings (SSSR count). The number of methoxy groups -OCH3 is 1. The summed E-state index contributed by atoms with van der Waals surface area (Å²) in [5, 5.41) is 8.38. The summed E-state index contributed by atoms with van der Waals surface area (Å²) in [5.41, 5.74) is 5.40. The van der Waals surface area contributed by atoms with E-state index in [2.05, 4.69) is 10.4 Å². The van der Waals surface area contributed by atoms with E-state index in [1.165, 1.54) is 0 Å². The van der Waals surface area contributed by atoms with Gasteiger partial charge in [-0.2, -0.15) is 5.10 Å². The van der Waals surface area contributed by atoms with Crippen LogP contribution in [-0.2, 0) is 24.9 Å². The van der Waals surface area contributed by atoms with E-state index < -0.39 is 0 Å². The number of hydrogen-bond donors (Lipinski definition) is 1. The lowest BCUT2D eigenvalue weighted by atomic mass is 10.1. The summed E-state index contributed by atoms with van der Waals surface area (Å²) >= 11 is 0. The molecule has 27 heavy (non-hydrogen) atoms. The van der Waals surface area contributed by atoms with E-state index in [4.69, 9.17) is 9.72 Å². The maximum absolute atomic E-state index is 13.1. The van der Waals surface area contributed by atoms with E-state index in [9.17, 15) is 4.79 Å². The highest BCUT2D eigenvalue weighted by Crippen LogP contribution is 2.40. The maximum atomic E-state index is 13.1. The average Bonchev–Trinajstić information content (AvgIpc) is 3.47. The number of benzene rings is 1. The fraction of sp³-hybridized carbons (Fsp3) is 0.381. The number of pyridine rings is 1. The van der Waals surface area contributed by atoms with Crippen molar-refractivity contribution in [2.75, 3.05) is 7.11 Å². The highest BCUT2D eigenvalue weighted by molar-refractivity contribution is 6.06. The van der Waals surface area contributed by atoms with Gasteiger partial charge in [0.05, 0.1) is 23.3 Å². The number of aryl methyl sites for hydroxylation is 2. The molecule has 0 radical (unpaired) electrons. The van der Waals surface area contributed by atoms with Crippen molar-refractivity contribution >= 4 is 16.9 Å². The van der Waals surface area contributed by atoms with Crippen LogP contribution in [0.4, 0.5) is 0 Å². The molecule has 0 bridgehead atoms. The average molecular weight is 364 g/mol. The van der Waals surface area contributed by atoms with Crippen molar-refractivity contribution in [1.82, 2.24) is 20.1 Å². The van der Waals surface area contributed by atoms with Gasteiger partial charge in [-0.05, 0) is 37.0 Å². The zero-order valence-corrected chi connectivity index (χ0v) is 16.0. The maximum Gasteiger partial charge on any atom is 0.252 e. The van der Waals surface area contributed by atoms with Crippen LogP contribution in [0, 0.1) is 6.92 Å². The molecule has 3 aromatic rings. The van der Waals surface area contributed by atoms with E-state index in [-0.39, 0.29) is 5.91 Å². The fourth-order valence-electron chi connectivity index (χ4n) is 3.53. The standard InChI is InChI=1S/C21H24N4O2/c1-13-19-17(10-18(14-8-9-14)23-20(19)25(2)24-13)21(26)22-11-15-6-4-5-7-16(15)12-27-3/h4-7,10,14H,8-9,11-12H2,1-3H3,(H,22,26). The van der Waals surface area contributed by atoms with E-state index >= 15 is 0 Å². The molecule has 2 heterocycles. The molecule has 1 aliphatic carbocycles. The highest BCUT2D eigenvalue weighted by atomic mass is 16.5. The molecule has 1 amide bonds. The smallest absolute Gasteiger partial charge is 0.252 e. The Balaban J connectivity index is 1.65. The second-order valence-corrected chi connectivity index (χ2v) is 7.16. The number of fused-ring (bicyclic) bond motifs is 1. The Hall–Kier alpha value is -2.73. The molecule has 0 spiro atoms. The molecule has 140 valence electrons. The van der Waals surface area contributed by atoms with E-state index in [0.717, 1.165) is 46.4 Å². The van der Waals surface area contributed by atoms with Crippen molar-refractivity contribution in [2.45, 2.75) is 38.8 Å². The van der Waals surface area contributed by atoms with Gasteiger partial charge in [-0.3, -0.25) is 9.48 Å². The van der Waals surface area contributed by atoms with Crippen LogP contribution in [0.3, 0.4) is 0 Å². The number of aromatic nitrogens is 3. The molecule has 6 nitrogen and oxygen atoms in total. The van der Waals surface area contributed by atoms with E-state index in [0.29, 0.717) is 24.6 Å². The first kappa shape index (κ1) is 17.7. The molecule has 2 aromatic heterocycles. The predicted molar refractivity (Wildman–Crippen MR) is 104 cm³/mol. The lowest BCUT2D eigenvalue weighted by Crippen LogP contribution is -2.24. The molecule has 6 heteroatoms. The fourth-order valence-corrected chi connectivity index (χ4v) is 3.53. The van der Waals surface area contributed by atoms with Crippen LogP contribution in [0.1, 0.15) is 51.6 Å². The molecule has 1 saturated carbocycles. The molecule has 1 aliphatic rings. The second-order valence-electron chi connectivity index (χ2n) is 7.16. The third kappa shape index (κ3) is 3.45. The SMILES string of the molecule is COCc1ccccc1CNC(=O)c1cc(C2CC2)nc2c1c(C)nn2C. The molecule has 1 aromatic carbocycles. The highest BCUT2D eigenvalue weighted by Gasteiger charge is 2.28. The van der Waals surface area contributed by atoms with Gasteiger partial charge in [0.15, 0.2) is 5.65 Å². The first-order chi connectivity index (χ1) is 13.1. The van der Waals surface area contributed by atoms with Crippen molar-refractivity contribution in [3.05, 3.63) is 58.4 Å². The number of nitrogens with zero attached hydrogens (tertiary/aromatic N) is 3. The van der Waals surface area contributed by atoms with Crippen molar-refractivity contribution < 1.29 is 9.53 Å². The van der Waals surface area contributed by atoms with Gasteiger partial charge in [-0.15, -0.1) is 0 Å². The molecule has 0 saturated heterocycles. The number of nitrogens with one attached hydrogen (secondary N) is 1. The summed E-state index contributed by atoms with van der Waals surface area (Å²) < 4.78 is 7.02. The summed E-state index contributed by atoms with van der Waals surface area (Å²) in [4.78, 5) is 17.8. The molecular formula is C21H24N4O2. The summed E-state index contributed by atoms with van der Waals surface area (Å²) in [6.45, 7) is 2.91. The third-order valence-electron chi connectivity index (χ3n) is 5.09. The Morgan fingerprint density at radius 2 is 2.04 bits per heavy atom. The lowest BCUT2D eigenvalue weighted by Gasteiger charge is -2.11. The topological polar surface area (TPSA) is 69.0 Å². The Kier molecular flexibility index (Phi) is 4.66. The molecule has 1 fully saturated rings.